The van der Waals surface area contributed by atoms with E-state index < -0.39 is 0 Å². The predicted octanol–water partition coefficient (Wildman–Crippen LogP) is 3.70. The van der Waals surface area contributed by atoms with Crippen LogP contribution in [0.3, 0.4) is 0 Å². The summed E-state index contributed by atoms with van der Waals surface area (Å²) in [5, 5.41) is 4.42. The molecule has 0 spiro atoms. The fourth-order valence-corrected chi connectivity index (χ4v) is 3.05. The number of ether oxygens (including phenoxy) is 1. The van der Waals surface area contributed by atoms with E-state index >= 15 is 0 Å². The van der Waals surface area contributed by atoms with Gasteiger partial charge in [0, 0.05) is 11.4 Å². The average Bonchev–Trinajstić information content (AvgIpc) is 2.86. The predicted molar refractivity (Wildman–Crippen MR) is 84.4 cm³/mol. The van der Waals surface area contributed by atoms with Gasteiger partial charge >= 0.3 is 0 Å². The van der Waals surface area contributed by atoms with Crippen molar-refractivity contribution in [2.45, 2.75) is 40.3 Å². The second kappa shape index (κ2) is 7.41. The Morgan fingerprint density at radius 1 is 1.25 bits per heavy atom. The summed E-state index contributed by atoms with van der Waals surface area (Å²) >= 11 is 1.75. The smallest absolute Gasteiger partial charge is 0.140 e. The normalized spacial score (nSPS) is 10.8. The molecule has 0 unspecified atom stereocenters. The molecule has 3 nitrogen and oxygen atoms in total. The highest BCUT2D eigenvalue weighted by Crippen LogP contribution is 2.22. The molecule has 4 heteroatoms. The highest BCUT2D eigenvalue weighted by Gasteiger charge is 2.10. The van der Waals surface area contributed by atoms with E-state index in [0.717, 1.165) is 35.8 Å². The number of nitrogens with one attached hydrogen (secondary N) is 1. The van der Waals surface area contributed by atoms with Crippen molar-refractivity contribution < 1.29 is 4.74 Å². The zero-order chi connectivity index (χ0) is 14.4. The van der Waals surface area contributed by atoms with Gasteiger partial charge in [-0.1, -0.05) is 32.0 Å². The van der Waals surface area contributed by atoms with Crippen LogP contribution in [0.15, 0.2) is 24.3 Å². The summed E-state index contributed by atoms with van der Waals surface area (Å²) < 4.78 is 5.87. The van der Waals surface area contributed by atoms with Gasteiger partial charge in [-0.15, -0.1) is 11.3 Å². The number of thiazole rings is 1. The number of aromatic nitrogens is 1. The minimum absolute atomic E-state index is 0.550. The number of rotatable bonds is 7. The van der Waals surface area contributed by atoms with Gasteiger partial charge in [0.2, 0.25) is 0 Å². The summed E-state index contributed by atoms with van der Waals surface area (Å²) in [5.74, 6) is 0.939. The molecule has 0 atom stereocenters. The summed E-state index contributed by atoms with van der Waals surface area (Å²) in [5.41, 5.74) is 2.35. The molecule has 108 valence electrons. The average molecular weight is 290 g/mol. The number of hydrogen-bond donors (Lipinski definition) is 1. The highest BCUT2D eigenvalue weighted by molar-refractivity contribution is 7.11. The topological polar surface area (TPSA) is 34.1 Å². The molecule has 2 rings (SSSR count). The van der Waals surface area contributed by atoms with Crippen molar-refractivity contribution in [3.05, 3.63) is 45.4 Å². The molecule has 1 N–H and O–H groups in total. The van der Waals surface area contributed by atoms with E-state index in [1.54, 1.807) is 11.3 Å². The van der Waals surface area contributed by atoms with Crippen molar-refractivity contribution in [2.75, 3.05) is 6.54 Å². The molecular formula is C16H22N2OS. The first-order chi connectivity index (χ1) is 9.74. The number of nitrogens with zero attached hydrogens (tertiary/aromatic N) is 1. The van der Waals surface area contributed by atoms with E-state index in [9.17, 15) is 0 Å². The molecule has 2 aromatic rings. The molecule has 0 fully saturated rings. The lowest BCUT2D eigenvalue weighted by Crippen LogP contribution is -2.11. The lowest BCUT2D eigenvalue weighted by atomic mass is 10.2. The van der Waals surface area contributed by atoms with Gasteiger partial charge in [-0.25, -0.2) is 4.98 Å². The molecule has 0 bridgehead atoms. The van der Waals surface area contributed by atoms with Crippen LogP contribution in [0.1, 0.15) is 35.0 Å². The van der Waals surface area contributed by atoms with Crippen molar-refractivity contribution in [2.24, 2.45) is 0 Å². The van der Waals surface area contributed by atoms with Crippen molar-refractivity contribution in [3.63, 3.8) is 0 Å². The van der Waals surface area contributed by atoms with Gasteiger partial charge in [-0.2, -0.15) is 0 Å². The molecule has 0 saturated carbocycles. The maximum atomic E-state index is 5.87. The molecular weight excluding hydrogens is 268 g/mol. The van der Waals surface area contributed by atoms with Gasteiger partial charge in [0.15, 0.2) is 0 Å². The quantitative estimate of drug-likeness (QED) is 0.844. The van der Waals surface area contributed by atoms with Gasteiger partial charge in [-0.05, 0) is 31.5 Å². The monoisotopic (exact) mass is 290 g/mol. The molecule has 1 heterocycles. The summed E-state index contributed by atoms with van der Waals surface area (Å²) in [4.78, 5) is 6.01. The van der Waals surface area contributed by atoms with E-state index in [-0.39, 0.29) is 0 Å². The molecule has 0 saturated heterocycles. The van der Waals surface area contributed by atoms with Crippen molar-refractivity contribution in [1.82, 2.24) is 10.3 Å². The Morgan fingerprint density at radius 3 is 2.75 bits per heavy atom. The van der Waals surface area contributed by atoms with Crippen LogP contribution >= 0.6 is 11.3 Å². The van der Waals surface area contributed by atoms with E-state index in [0.29, 0.717) is 6.61 Å². The van der Waals surface area contributed by atoms with Gasteiger partial charge in [0.05, 0.1) is 5.69 Å². The third-order valence-corrected chi connectivity index (χ3v) is 4.21. The standard InChI is InChI=1S/C16H22N2OS/c1-4-13-15(10-17-5-2)20-16(18-13)11-19-14-9-7-6-8-12(14)3/h6-9,17H,4-5,10-11H2,1-3H3. The van der Waals surface area contributed by atoms with Crippen LogP contribution in [0.4, 0.5) is 0 Å². The summed E-state index contributed by atoms with van der Waals surface area (Å²) in [6.07, 6.45) is 0.974. The summed E-state index contributed by atoms with van der Waals surface area (Å²) in [6, 6.07) is 8.09. The largest absolute Gasteiger partial charge is 0.486 e. The van der Waals surface area contributed by atoms with Crippen LogP contribution in [0.25, 0.3) is 0 Å². The number of benzene rings is 1. The Hall–Kier alpha value is -1.39. The van der Waals surface area contributed by atoms with Crippen molar-refractivity contribution in [1.29, 1.82) is 0 Å². The third kappa shape index (κ3) is 3.81. The maximum Gasteiger partial charge on any atom is 0.140 e. The van der Waals surface area contributed by atoms with Crippen LogP contribution in [-0.2, 0) is 19.6 Å². The lowest BCUT2D eigenvalue weighted by Gasteiger charge is -2.06. The molecule has 0 aliphatic rings. The number of aryl methyl sites for hydroxylation is 2. The third-order valence-electron chi connectivity index (χ3n) is 3.14. The molecule has 1 aromatic carbocycles. The fraction of sp³-hybridized carbons (Fsp3) is 0.438. The van der Waals surface area contributed by atoms with Gasteiger partial charge in [0.1, 0.15) is 17.4 Å². The first kappa shape index (κ1) is 15.0. The first-order valence-corrected chi connectivity index (χ1v) is 7.92. The van der Waals surface area contributed by atoms with Gasteiger partial charge in [-0.3, -0.25) is 0 Å². The minimum atomic E-state index is 0.550. The van der Waals surface area contributed by atoms with E-state index in [4.69, 9.17) is 4.74 Å². The molecule has 0 aliphatic heterocycles. The maximum absolute atomic E-state index is 5.87. The Kier molecular flexibility index (Phi) is 5.56. The minimum Gasteiger partial charge on any atom is -0.486 e. The second-order valence-electron chi connectivity index (χ2n) is 4.67. The number of hydrogen-bond acceptors (Lipinski definition) is 4. The van der Waals surface area contributed by atoms with Crippen molar-refractivity contribution >= 4 is 11.3 Å². The van der Waals surface area contributed by atoms with Crippen LogP contribution in [0, 0.1) is 6.92 Å². The highest BCUT2D eigenvalue weighted by atomic mass is 32.1. The molecule has 1 aromatic heterocycles. The van der Waals surface area contributed by atoms with Gasteiger partial charge in [0.25, 0.3) is 0 Å². The zero-order valence-corrected chi connectivity index (χ0v) is 13.2. The van der Waals surface area contributed by atoms with Crippen LogP contribution in [0.2, 0.25) is 0 Å². The number of para-hydroxylation sites is 1. The van der Waals surface area contributed by atoms with E-state index in [1.165, 1.54) is 10.6 Å². The SMILES string of the molecule is CCNCc1sc(COc2ccccc2C)nc1CC. The van der Waals surface area contributed by atoms with Crippen LogP contribution in [0.5, 0.6) is 5.75 Å². The molecule has 0 aliphatic carbocycles. The zero-order valence-electron chi connectivity index (χ0n) is 12.4. The molecule has 20 heavy (non-hydrogen) atoms. The second-order valence-corrected chi connectivity index (χ2v) is 5.83. The van der Waals surface area contributed by atoms with Crippen LogP contribution in [-0.4, -0.2) is 11.5 Å². The summed E-state index contributed by atoms with van der Waals surface area (Å²) in [6.45, 7) is 8.77. The Labute approximate surface area is 125 Å². The first-order valence-electron chi connectivity index (χ1n) is 7.11. The van der Waals surface area contributed by atoms with Crippen molar-refractivity contribution in [3.8, 4) is 5.75 Å². The summed E-state index contributed by atoms with van der Waals surface area (Å²) in [7, 11) is 0. The molecule has 0 amide bonds. The van der Waals surface area contributed by atoms with E-state index in [1.807, 2.05) is 18.2 Å². The Morgan fingerprint density at radius 2 is 2.05 bits per heavy atom. The fourth-order valence-electron chi connectivity index (χ4n) is 2.01. The van der Waals surface area contributed by atoms with Gasteiger partial charge < -0.3 is 10.1 Å². The Balaban J connectivity index is 2.02. The van der Waals surface area contributed by atoms with E-state index in [2.05, 4.69) is 37.1 Å². The molecule has 0 radical (unpaired) electrons. The lowest BCUT2D eigenvalue weighted by molar-refractivity contribution is 0.303. The Bertz CT molecular complexity index is 551. The van der Waals surface area contributed by atoms with Crippen LogP contribution < -0.4 is 10.1 Å².